The minimum Gasteiger partial charge on any atom is -0.463 e. The minimum atomic E-state index is -0.288. The molecule has 0 aromatic rings. The molecule has 1 aliphatic carbocycles. The lowest BCUT2D eigenvalue weighted by atomic mass is 9.72. The molecule has 0 aromatic carbocycles. The molecule has 1 rings (SSSR count). The topological polar surface area (TPSA) is 26.3 Å². The first-order valence-electron chi connectivity index (χ1n) is 12.2. The Balaban J connectivity index is 2.67. The molecular weight excluding hydrogens is 416 g/mol. The highest BCUT2D eigenvalue weighted by Gasteiger charge is 2.26. The average Bonchev–Trinajstić information content (AvgIpc) is 2.76. The maximum atomic E-state index is 11.6. The van der Waals surface area contributed by atoms with Crippen LogP contribution < -0.4 is 0 Å². The number of hydrogen-bond donors (Lipinski definition) is 0. The summed E-state index contributed by atoms with van der Waals surface area (Å²) in [6.45, 7) is 17.0. The SMILES string of the molecule is CCOC(=O)/C(C)=C/C=C/C(C)=C/C#C/C=C(C)/C=C/C=C(C)/C=C/C1=C(C)CCCC1(C)C. The number of ether oxygens (including phenoxy) is 1. The van der Waals surface area contributed by atoms with Crippen molar-refractivity contribution in [2.24, 2.45) is 5.41 Å². The van der Waals surface area contributed by atoms with Gasteiger partial charge in [-0.2, -0.15) is 0 Å². The molecule has 2 nitrogen and oxygen atoms in total. The Hall–Kier alpha value is -3.05. The highest BCUT2D eigenvalue weighted by atomic mass is 16.5. The normalized spacial score (nSPS) is 18.1. The van der Waals surface area contributed by atoms with Crippen molar-refractivity contribution in [3.63, 3.8) is 0 Å². The summed E-state index contributed by atoms with van der Waals surface area (Å²) in [5.41, 5.74) is 7.21. The van der Waals surface area contributed by atoms with Crippen molar-refractivity contribution in [2.45, 2.75) is 74.7 Å². The quantitative estimate of drug-likeness (QED) is 0.158. The summed E-state index contributed by atoms with van der Waals surface area (Å²) in [5, 5.41) is 0. The van der Waals surface area contributed by atoms with Crippen LogP contribution in [0.1, 0.15) is 74.7 Å². The first-order valence-corrected chi connectivity index (χ1v) is 12.2. The van der Waals surface area contributed by atoms with Gasteiger partial charge in [-0.15, -0.1) is 0 Å². The Morgan fingerprint density at radius 2 is 1.53 bits per heavy atom. The summed E-state index contributed by atoms with van der Waals surface area (Å²) >= 11 is 0. The summed E-state index contributed by atoms with van der Waals surface area (Å²) < 4.78 is 4.95. The average molecular weight is 459 g/mol. The van der Waals surface area contributed by atoms with Gasteiger partial charge in [0.25, 0.3) is 0 Å². The third-order valence-electron chi connectivity index (χ3n) is 5.76. The van der Waals surface area contributed by atoms with E-state index in [4.69, 9.17) is 4.74 Å². The Morgan fingerprint density at radius 1 is 0.941 bits per heavy atom. The van der Waals surface area contributed by atoms with Crippen LogP contribution in [0.3, 0.4) is 0 Å². The number of hydrogen-bond acceptors (Lipinski definition) is 2. The molecule has 0 aromatic heterocycles. The van der Waals surface area contributed by atoms with E-state index in [1.165, 1.54) is 36.0 Å². The van der Waals surface area contributed by atoms with E-state index in [9.17, 15) is 4.79 Å². The predicted octanol–water partition coefficient (Wildman–Crippen LogP) is 8.53. The van der Waals surface area contributed by atoms with E-state index >= 15 is 0 Å². The molecule has 0 amide bonds. The molecule has 1 aliphatic rings. The second-order valence-electron chi connectivity index (χ2n) is 9.53. The fraction of sp³-hybridized carbons (Fsp3) is 0.406. The molecule has 0 bridgehead atoms. The van der Waals surface area contributed by atoms with Gasteiger partial charge in [-0.05, 0) is 95.1 Å². The number of esters is 1. The summed E-state index contributed by atoms with van der Waals surface area (Å²) in [6.07, 6.45) is 23.8. The van der Waals surface area contributed by atoms with Crippen LogP contribution in [-0.4, -0.2) is 12.6 Å². The van der Waals surface area contributed by atoms with Gasteiger partial charge < -0.3 is 4.74 Å². The standard InChI is InChI=1S/C32H42O2/c1-9-34-31(33)29(6)20-13-19-26(3)16-11-10-15-25(2)17-12-18-27(4)22-23-30-28(5)21-14-24-32(30,7)8/h12-13,15-20,22-23H,9,14,21,24H2,1-8H3/b17-12+,19-13+,23-22+,25-15+,26-16+,27-18+,29-20+. The predicted molar refractivity (Wildman–Crippen MR) is 147 cm³/mol. The molecule has 0 saturated carbocycles. The molecule has 182 valence electrons. The number of allylic oxidation sites excluding steroid dienone is 15. The summed E-state index contributed by atoms with van der Waals surface area (Å²) in [6, 6.07) is 0. The van der Waals surface area contributed by atoms with Crippen LogP contribution in [-0.2, 0) is 9.53 Å². The van der Waals surface area contributed by atoms with Crippen molar-refractivity contribution in [3.05, 3.63) is 94.2 Å². The second kappa shape index (κ2) is 15.0. The van der Waals surface area contributed by atoms with Crippen LogP contribution in [0.25, 0.3) is 0 Å². The fourth-order valence-corrected chi connectivity index (χ4v) is 3.70. The Bertz CT molecular complexity index is 1020. The lowest BCUT2D eigenvalue weighted by Crippen LogP contribution is -2.19. The van der Waals surface area contributed by atoms with E-state index in [-0.39, 0.29) is 11.4 Å². The van der Waals surface area contributed by atoms with Gasteiger partial charge in [0.1, 0.15) is 0 Å². The summed E-state index contributed by atoms with van der Waals surface area (Å²) in [7, 11) is 0. The molecule has 0 heterocycles. The van der Waals surface area contributed by atoms with Gasteiger partial charge in [-0.1, -0.05) is 85.4 Å². The van der Waals surface area contributed by atoms with Crippen molar-refractivity contribution in [1.82, 2.24) is 0 Å². The van der Waals surface area contributed by atoms with Gasteiger partial charge >= 0.3 is 5.97 Å². The van der Waals surface area contributed by atoms with Gasteiger partial charge in [0, 0.05) is 5.57 Å². The van der Waals surface area contributed by atoms with Crippen LogP contribution in [0.2, 0.25) is 0 Å². The lowest BCUT2D eigenvalue weighted by molar-refractivity contribution is -0.138. The number of rotatable bonds is 8. The lowest BCUT2D eigenvalue weighted by Gasteiger charge is -2.32. The first-order chi connectivity index (χ1) is 16.1. The van der Waals surface area contributed by atoms with Crippen molar-refractivity contribution in [3.8, 4) is 11.8 Å². The van der Waals surface area contributed by atoms with Crippen LogP contribution in [0, 0.1) is 17.3 Å². The largest absolute Gasteiger partial charge is 0.463 e. The zero-order chi connectivity index (χ0) is 25.6. The smallest absolute Gasteiger partial charge is 0.333 e. The molecule has 0 radical (unpaired) electrons. The Morgan fingerprint density at radius 3 is 2.09 bits per heavy atom. The maximum Gasteiger partial charge on any atom is 0.333 e. The zero-order valence-corrected chi connectivity index (χ0v) is 22.4. The van der Waals surface area contributed by atoms with Gasteiger partial charge in [0.05, 0.1) is 6.61 Å². The molecular formula is C32H42O2. The van der Waals surface area contributed by atoms with Gasteiger partial charge in [-0.3, -0.25) is 0 Å². The monoisotopic (exact) mass is 458 g/mol. The molecule has 0 unspecified atom stereocenters. The molecule has 0 saturated heterocycles. The summed E-state index contributed by atoms with van der Waals surface area (Å²) in [4.78, 5) is 11.6. The molecule has 0 N–H and O–H groups in total. The van der Waals surface area contributed by atoms with Crippen molar-refractivity contribution in [1.29, 1.82) is 0 Å². The third-order valence-corrected chi connectivity index (χ3v) is 5.76. The van der Waals surface area contributed by atoms with Crippen molar-refractivity contribution < 1.29 is 9.53 Å². The highest BCUT2D eigenvalue weighted by Crippen LogP contribution is 2.40. The molecule has 0 spiro atoms. The number of carbonyl (C=O) groups is 1. The van der Waals surface area contributed by atoms with Gasteiger partial charge in [-0.25, -0.2) is 4.79 Å². The second-order valence-corrected chi connectivity index (χ2v) is 9.53. The van der Waals surface area contributed by atoms with E-state index < -0.39 is 0 Å². The highest BCUT2D eigenvalue weighted by molar-refractivity contribution is 5.88. The van der Waals surface area contributed by atoms with Crippen LogP contribution in [0.5, 0.6) is 0 Å². The molecule has 0 atom stereocenters. The Kier molecular flexibility index (Phi) is 12.8. The maximum absolute atomic E-state index is 11.6. The minimum absolute atomic E-state index is 0.272. The first kappa shape index (κ1) is 29.0. The molecule has 2 heteroatoms. The van der Waals surface area contributed by atoms with E-state index in [0.717, 1.165) is 11.1 Å². The van der Waals surface area contributed by atoms with Crippen LogP contribution >= 0.6 is 0 Å². The van der Waals surface area contributed by atoms with Crippen LogP contribution in [0.4, 0.5) is 0 Å². The zero-order valence-electron chi connectivity index (χ0n) is 22.4. The third kappa shape index (κ3) is 11.2. The Labute approximate surface area is 208 Å². The van der Waals surface area contributed by atoms with Gasteiger partial charge in [0.2, 0.25) is 0 Å². The fourth-order valence-electron chi connectivity index (χ4n) is 3.70. The molecule has 0 fully saturated rings. The molecule has 0 aliphatic heterocycles. The van der Waals surface area contributed by atoms with E-state index in [0.29, 0.717) is 12.2 Å². The van der Waals surface area contributed by atoms with Crippen LogP contribution in [0.15, 0.2) is 94.2 Å². The van der Waals surface area contributed by atoms with E-state index in [2.05, 4.69) is 69.9 Å². The van der Waals surface area contributed by atoms with E-state index in [1.807, 2.05) is 38.2 Å². The van der Waals surface area contributed by atoms with E-state index in [1.54, 1.807) is 19.9 Å². The number of carbonyl (C=O) groups excluding carboxylic acids is 1. The van der Waals surface area contributed by atoms with Crippen molar-refractivity contribution in [2.75, 3.05) is 6.61 Å². The summed E-state index contributed by atoms with van der Waals surface area (Å²) in [5.74, 6) is 5.83. The van der Waals surface area contributed by atoms with Crippen molar-refractivity contribution >= 4 is 5.97 Å². The van der Waals surface area contributed by atoms with Gasteiger partial charge in [0.15, 0.2) is 0 Å². The molecule has 34 heavy (non-hydrogen) atoms.